The van der Waals surface area contributed by atoms with Crippen molar-refractivity contribution in [2.75, 3.05) is 11.9 Å². The third-order valence-electron chi connectivity index (χ3n) is 5.66. The van der Waals surface area contributed by atoms with Gasteiger partial charge in [-0.2, -0.15) is 0 Å². The maximum absolute atomic E-state index is 14.5. The van der Waals surface area contributed by atoms with Crippen LogP contribution in [0.15, 0.2) is 29.8 Å². The molecule has 1 fully saturated rings. The molecule has 9 heteroatoms. The summed E-state index contributed by atoms with van der Waals surface area (Å²) >= 11 is 6.08. The van der Waals surface area contributed by atoms with E-state index >= 15 is 0 Å². The molecule has 0 amide bonds. The summed E-state index contributed by atoms with van der Waals surface area (Å²) in [5.74, 6) is -0.486. The Kier molecular flexibility index (Phi) is 5.99. The third kappa shape index (κ3) is 4.17. The van der Waals surface area contributed by atoms with E-state index in [1.807, 2.05) is 6.08 Å². The Labute approximate surface area is 177 Å². The monoisotopic (exact) mass is 438 g/mol. The predicted molar refractivity (Wildman–Crippen MR) is 108 cm³/mol. The van der Waals surface area contributed by atoms with Crippen molar-refractivity contribution >= 4 is 17.4 Å². The molecular formula is C21H22ClF3N4O. The molecule has 1 aromatic heterocycles. The van der Waals surface area contributed by atoms with Crippen molar-refractivity contribution < 1.29 is 18.3 Å². The number of nitrogens with zero attached hydrogens (tertiary/aromatic N) is 2. The Bertz CT molecular complexity index is 981. The smallest absolute Gasteiger partial charge is 0.266 e. The zero-order valence-corrected chi connectivity index (χ0v) is 17.1. The number of fused-ring (bicyclic) bond motifs is 1. The topological polar surface area (TPSA) is 70.1 Å². The lowest BCUT2D eigenvalue weighted by molar-refractivity contribution is 0.134. The number of aliphatic hydroxyl groups is 1. The summed E-state index contributed by atoms with van der Waals surface area (Å²) in [4.78, 5) is 8.53. The van der Waals surface area contributed by atoms with E-state index < -0.39 is 30.0 Å². The Morgan fingerprint density at radius 2 is 2.00 bits per heavy atom. The fourth-order valence-corrected chi connectivity index (χ4v) is 4.08. The van der Waals surface area contributed by atoms with Crippen LogP contribution in [0.1, 0.15) is 48.2 Å². The molecule has 4 rings (SSSR count). The quantitative estimate of drug-likeness (QED) is 0.467. The molecule has 5 nitrogen and oxygen atoms in total. The Balaban J connectivity index is 1.57. The Morgan fingerprint density at radius 1 is 1.27 bits per heavy atom. The lowest BCUT2D eigenvalue weighted by Crippen LogP contribution is -2.50. The van der Waals surface area contributed by atoms with Crippen molar-refractivity contribution in [2.45, 2.75) is 50.8 Å². The van der Waals surface area contributed by atoms with Crippen LogP contribution in [0.25, 0.3) is 0 Å². The summed E-state index contributed by atoms with van der Waals surface area (Å²) in [7, 11) is 0. The van der Waals surface area contributed by atoms with Crippen LogP contribution < -0.4 is 10.6 Å². The number of hydrogen-bond donors (Lipinski definition) is 3. The molecule has 1 saturated heterocycles. The lowest BCUT2D eigenvalue weighted by atomic mass is 9.98. The minimum absolute atomic E-state index is 0.0488. The highest BCUT2D eigenvalue weighted by atomic mass is 35.5. The van der Waals surface area contributed by atoms with Crippen LogP contribution in [-0.2, 0) is 12.8 Å². The molecule has 0 saturated carbocycles. The van der Waals surface area contributed by atoms with Crippen molar-refractivity contribution in [1.82, 2.24) is 15.3 Å². The number of nitrogens with one attached hydrogen (secondary N) is 2. The van der Waals surface area contributed by atoms with Gasteiger partial charge in [-0.15, -0.1) is 0 Å². The van der Waals surface area contributed by atoms with Gasteiger partial charge in [-0.05, 0) is 37.9 Å². The molecule has 3 N–H and O–H groups in total. The highest BCUT2D eigenvalue weighted by molar-refractivity contribution is 6.28. The molecule has 3 atom stereocenters. The van der Waals surface area contributed by atoms with E-state index in [4.69, 9.17) is 11.6 Å². The van der Waals surface area contributed by atoms with Crippen molar-refractivity contribution in [3.63, 3.8) is 0 Å². The molecule has 1 aliphatic carbocycles. The highest BCUT2D eigenvalue weighted by Crippen LogP contribution is 2.34. The molecule has 0 spiro atoms. The Morgan fingerprint density at radius 3 is 2.67 bits per heavy atom. The molecule has 2 unspecified atom stereocenters. The minimum Gasteiger partial charge on any atom is -0.387 e. The van der Waals surface area contributed by atoms with E-state index in [0.29, 0.717) is 18.7 Å². The number of allylic oxidation sites excluding steroid dienone is 1. The molecule has 0 radical (unpaired) electrons. The molecule has 1 aliphatic heterocycles. The summed E-state index contributed by atoms with van der Waals surface area (Å²) in [6.07, 6.45) is 0.375. The maximum atomic E-state index is 14.5. The molecular weight excluding hydrogens is 417 g/mol. The molecule has 160 valence electrons. The third-order valence-corrected chi connectivity index (χ3v) is 5.83. The number of aliphatic hydroxyl groups excluding tert-OH is 1. The van der Waals surface area contributed by atoms with Crippen molar-refractivity contribution in [3.05, 3.63) is 63.3 Å². The zero-order valence-electron chi connectivity index (χ0n) is 16.3. The van der Waals surface area contributed by atoms with Crippen LogP contribution in [-0.4, -0.2) is 33.8 Å². The minimum atomic E-state index is -2.89. The number of benzene rings is 1. The second-order valence-corrected chi connectivity index (χ2v) is 8.04. The van der Waals surface area contributed by atoms with Gasteiger partial charge in [0.2, 0.25) is 5.28 Å². The Hall–Kier alpha value is -2.16. The van der Waals surface area contributed by atoms with Gasteiger partial charge < -0.3 is 15.7 Å². The van der Waals surface area contributed by atoms with Crippen LogP contribution in [0.3, 0.4) is 0 Å². The van der Waals surface area contributed by atoms with Gasteiger partial charge in [0.15, 0.2) is 0 Å². The lowest BCUT2D eigenvalue weighted by Gasteiger charge is -2.30. The largest absolute Gasteiger partial charge is 0.387 e. The average Bonchev–Trinajstić information content (AvgIpc) is 3.02. The van der Waals surface area contributed by atoms with E-state index in [1.165, 1.54) is 12.1 Å². The van der Waals surface area contributed by atoms with Gasteiger partial charge in [0.25, 0.3) is 6.43 Å². The second kappa shape index (κ2) is 8.53. The first-order chi connectivity index (χ1) is 14.3. The number of hydrogen-bond acceptors (Lipinski definition) is 5. The summed E-state index contributed by atoms with van der Waals surface area (Å²) in [6, 6.07) is 3.41. The highest BCUT2D eigenvalue weighted by Gasteiger charge is 2.28. The fourth-order valence-electron chi connectivity index (χ4n) is 3.89. The van der Waals surface area contributed by atoms with Gasteiger partial charge in [0.1, 0.15) is 11.6 Å². The van der Waals surface area contributed by atoms with Crippen LogP contribution in [0.2, 0.25) is 5.28 Å². The van der Waals surface area contributed by atoms with Crippen LogP contribution in [0, 0.1) is 5.82 Å². The van der Waals surface area contributed by atoms with Gasteiger partial charge >= 0.3 is 0 Å². The molecule has 2 heterocycles. The van der Waals surface area contributed by atoms with Gasteiger partial charge in [0.05, 0.1) is 23.4 Å². The first-order valence-electron chi connectivity index (χ1n) is 9.82. The SMILES string of the molecule is C[C@@H](Nc1nc(Cl)nc2c1C/C(=C\C(O)C1CCN1)C2)c1cccc(C(F)F)c1F. The van der Waals surface area contributed by atoms with Crippen LogP contribution in [0.4, 0.5) is 19.0 Å². The second-order valence-electron chi connectivity index (χ2n) is 7.70. The summed E-state index contributed by atoms with van der Waals surface area (Å²) in [6.45, 7) is 2.58. The van der Waals surface area contributed by atoms with Gasteiger partial charge in [0, 0.05) is 23.6 Å². The summed E-state index contributed by atoms with van der Waals surface area (Å²) in [5.41, 5.74) is 2.06. The van der Waals surface area contributed by atoms with E-state index in [-0.39, 0.29) is 16.9 Å². The van der Waals surface area contributed by atoms with Gasteiger partial charge in [-0.1, -0.05) is 29.8 Å². The maximum Gasteiger partial charge on any atom is 0.266 e. The number of aromatic nitrogens is 2. The summed E-state index contributed by atoms with van der Waals surface area (Å²) < 4.78 is 40.6. The molecule has 2 aromatic rings. The van der Waals surface area contributed by atoms with Crippen molar-refractivity contribution in [2.24, 2.45) is 0 Å². The first-order valence-corrected chi connectivity index (χ1v) is 10.2. The normalized spacial score (nSPS) is 21.4. The first kappa shape index (κ1) is 21.1. The van der Waals surface area contributed by atoms with E-state index in [1.54, 1.807) is 6.92 Å². The van der Waals surface area contributed by atoms with E-state index in [9.17, 15) is 18.3 Å². The molecule has 30 heavy (non-hydrogen) atoms. The number of rotatable bonds is 6. The molecule has 0 bridgehead atoms. The number of halogens is 4. The van der Waals surface area contributed by atoms with E-state index in [0.717, 1.165) is 35.9 Å². The van der Waals surface area contributed by atoms with Crippen molar-refractivity contribution in [3.8, 4) is 0 Å². The van der Waals surface area contributed by atoms with Crippen molar-refractivity contribution in [1.29, 1.82) is 0 Å². The van der Waals surface area contributed by atoms with E-state index in [2.05, 4.69) is 20.6 Å². The summed E-state index contributed by atoms with van der Waals surface area (Å²) in [5, 5.41) is 16.6. The zero-order chi connectivity index (χ0) is 21.4. The molecule has 1 aromatic carbocycles. The fraction of sp³-hybridized carbons (Fsp3) is 0.429. The number of alkyl halides is 2. The standard InChI is InChI=1S/C21H22ClF3N4O/c1-10(12-3-2-4-13(18(12)23)19(24)25)27-20-14-7-11(8-16(14)28-21(22)29-20)9-17(30)15-5-6-26-15/h2-4,9-10,15,17,19,26,30H,5-8H2,1H3,(H,27,28,29)/b11-9+/t10-,15?,17?/m1/s1. The predicted octanol–water partition coefficient (Wildman–Crippen LogP) is 4.13. The molecule has 2 aliphatic rings. The van der Waals surface area contributed by atoms with Gasteiger partial charge in [-0.25, -0.2) is 23.1 Å². The van der Waals surface area contributed by atoms with Crippen LogP contribution >= 0.6 is 11.6 Å². The van der Waals surface area contributed by atoms with Crippen LogP contribution in [0.5, 0.6) is 0 Å². The number of anilines is 1. The van der Waals surface area contributed by atoms with Gasteiger partial charge in [-0.3, -0.25) is 0 Å². The average molecular weight is 439 g/mol.